The summed E-state index contributed by atoms with van der Waals surface area (Å²) in [4.78, 5) is 21.7. The summed E-state index contributed by atoms with van der Waals surface area (Å²) >= 11 is 0. The second-order valence-electron chi connectivity index (χ2n) is 5.98. The molecule has 1 amide bonds. The first-order valence-corrected chi connectivity index (χ1v) is 9.83. The van der Waals surface area contributed by atoms with Gasteiger partial charge in [-0.3, -0.25) is 4.79 Å². The molecule has 2 aromatic rings. The molecule has 144 valence electrons. The fourth-order valence-corrected chi connectivity index (χ4v) is 4.30. The third-order valence-corrected chi connectivity index (χ3v) is 6.09. The quantitative estimate of drug-likeness (QED) is 0.809. The maximum Gasteiger partial charge on any atom is 0.243 e. The predicted molar refractivity (Wildman–Crippen MR) is 100 cm³/mol. The monoisotopic (exact) mass is 391 g/mol. The summed E-state index contributed by atoms with van der Waals surface area (Å²) in [5.74, 6) is 0.627. The number of ether oxygens (including phenoxy) is 1. The minimum atomic E-state index is -3.67. The first kappa shape index (κ1) is 19.1. The molecular weight excluding hydrogens is 370 g/mol. The summed E-state index contributed by atoms with van der Waals surface area (Å²) < 4.78 is 32.6. The standard InChI is InChI=1S/C17H21N5O4S/c1-13(23)20-15-5-4-14(12-16(15)26-2)27(24,25)22-10-8-21(9-11-22)17-18-6-3-7-19-17/h3-7,12H,8-11H2,1-2H3,(H,20,23). The molecule has 3 rings (SSSR count). The molecule has 1 aromatic carbocycles. The lowest BCUT2D eigenvalue weighted by atomic mass is 10.3. The van der Waals surface area contributed by atoms with Crippen molar-refractivity contribution < 1.29 is 17.9 Å². The van der Waals surface area contributed by atoms with Crippen molar-refractivity contribution in [3.05, 3.63) is 36.7 Å². The molecular formula is C17H21N5O4S. The number of carbonyl (C=O) groups is 1. The molecule has 0 aliphatic carbocycles. The number of sulfonamides is 1. The van der Waals surface area contributed by atoms with Crippen LogP contribution >= 0.6 is 0 Å². The van der Waals surface area contributed by atoms with Crippen molar-refractivity contribution in [2.45, 2.75) is 11.8 Å². The third kappa shape index (κ3) is 4.17. The Hall–Kier alpha value is -2.72. The number of benzene rings is 1. The molecule has 1 N–H and O–H groups in total. The molecule has 10 heteroatoms. The molecule has 1 aliphatic heterocycles. The van der Waals surface area contributed by atoms with Gasteiger partial charge in [0, 0.05) is 51.6 Å². The highest BCUT2D eigenvalue weighted by Gasteiger charge is 2.30. The van der Waals surface area contributed by atoms with Crippen LogP contribution in [0.1, 0.15) is 6.92 Å². The Morgan fingerprint density at radius 1 is 1.15 bits per heavy atom. The fourth-order valence-electron chi connectivity index (χ4n) is 2.86. The van der Waals surface area contributed by atoms with E-state index in [1.54, 1.807) is 18.5 Å². The Balaban J connectivity index is 1.76. The lowest BCUT2D eigenvalue weighted by Crippen LogP contribution is -2.49. The molecule has 1 aliphatic rings. The van der Waals surface area contributed by atoms with Gasteiger partial charge >= 0.3 is 0 Å². The highest BCUT2D eigenvalue weighted by molar-refractivity contribution is 7.89. The summed E-state index contributed by atoms with van der Waals surface area (Å²) in [7, 11) is -2.25. The van der Waals surface area contributed by atoms with Crippen LogP contribution in [0.2, 0.25) is 0 Å². The lowest BCUT2D eigenvalue weighted by molar-refractivity contribution is -0.114. The zero-order valence-electron chi connectivity index (χ0n) is 15.1. The minimum Gasteiger partial charge on any atom is -0.495 e. The van der Waals surface area contributed by atoms with Crippen LogP contribution < -0.4 is 15.0 Å². The maximum atomic E-state index is 13.0. The van der Waals surface area contributed by atoms with Crippen molar-refractivity contribution in [2.24, 2.45) is 0 Å². The summed E-state index contributed by atoms with van der Waals surface area (Å²) in [5, 5.41) is 2.61. The predicted octanol–water partition coefficient (Wildman–Crippen LogP) is 0.954. The van der Waals surface area contributed by atoms with E-state index in [-0.39, 0.29) is 10.8 Å². The number of hydrogen-bond donors (Lipinski definition) is 1. The van der Waals surface area contributed by atoms with Gasteiger partial charge in [0.05, 0.1) is 17.7 Å². The van der Waals surface area contributed by atoms with E-state index < -0.39 is 10.0 Å². The molecule has 2 heterocycles. The molecule has 1 fully saturated rings. The van der Waals surface area contributed by atoms with Gasteiger partial charge in [-0.1, -0.05) is 0 Å². The maximum absolute atomic E-state index is 13.0. The number of nitrogens with one attached hydrogen (secondary N) is 1. The number of methoxy groups -OCH3 is 1. The first-order valence-electron chi connectivity index (χ1n) is 8.39. The van der Waals surface area contributed by atoms with Crippen molar-refractivity contribution in [2.75, 3.05) is 43.5 Å². The van der Waals surface area contributed by atoms with E-state index in [1.807, 2.05) is 4.90 Å². The van der Waals surface area contributed by atoms with Gasteiger partial charge in [0.2, 0.25) is 21.9 Å². The Kier molecular flexibility index (Phi) is 5.57. The molecule has 1 saturated heterocycles. The number of hydrogen-bond acceptors (Lipinski definition) is 7. The van der Waals surface area contributed by atoms with Crippen LogP contribution in [0.5, 0.6) is 5.75 Å². The fraction of sp³-hybridized carbons (Fsp3) is 0.353. The highest BCUT2D eigenvalue weighted by Crippen LogP contribution is 2.29. The normalized spacial score (nSPS) is 15.4. The van der Waals surface area contributed by atoms with Gasteiger partial charge in [-0.05, 0) is 18.2 Å². The Morgan fingerprint density at radius 3 is 2.41 bits per heavy atom. The van der Waals surface area contributed by atoms with Crippen LogP contribution in [0.3, 0.4) is 0 Å². The number of rotatable bonds is 5. The first-order chi connectivity index (χ1) is 12.9. The van der Waals surface area contributed by atoms with Crippen molar-refractivity contribution >= 4 is 27.6 Å². The molecule has 0 unspecified atom stereocenters. The van der Waals surface area contributed by atoms with Gasteiger partial charge in [0.25, 0.3) is 0 Å². The van der Waals surface area contributed by atoms with Crippen LogP contribution in [0, 0.1) is 0 Å². The number of carbonyl (C=O) groups excluding carboxylic acids is 1. The average Bonchev–Trinajstić information content (AvgIpc) is 2.68. The summed E-state index contributed by atoms with van der Waals surface area (Å²) in [5.41, 5.74) is 0.426. The van der Waals surface area contributed by atoms with E-state index in [4.69, 9.17) is 4.74 Å². The second kappa shape index (κ2) is 7.89. The summed E-state index contributed by atoms with van der Waals surface area (Å²) in [6.45, 7) is 3.04. The molecule has 9 nitrogen and oxygen atoms in total. The number of amides is 1. The van der Waals surface area contributed by atoms with E-state index in [0.717, 1.165) is 0 Å². The largest absolute Gasteiger partial charge is 0.495 e. The zero-order valence-corrected chi connectivity index (χ0v) is 15.9. The van der Waals surface area contributed by atoms with Crippen LogP contribution in [0.15, 0.2) is 41.6 Å². The topological polar surface area (TPSA) is 105 Å². The molecule has 0 atom stereocenters. The lowest BCUT2D eigenvalue weighted by Gasteiger charge is -2.33. The molecule has 0 bridgehead atoms. The minimum absolute atomic E-state index is 0.123. The van der Waals surface area contributed by atoms with Crippen molar-refractivity contribution in [1.29, 1.82) is 0 Å². The van der Waals surface area contributed by atoms with Crippen LogP contribution in [-0.2, 0) is 14.8 Å². The number of aromatic nitrogens is 2. The molecule has 0 saturated carbocycles. The summed E-state index contributed by atoms with van der Waals surface area (Å²) in [6, 6.07) is 6.16. The van der Waals surface area contributed by atoms with E-state index in [0.29, 0.717) is 43.6 Å². The van der Waals surface area contributed by atoms with E-state index in [2.05, 4.69) is 15.3 Å². The number of anilines is 2. The van der Waals surface area contributed by atoms with E-state index in [9.17, 15) is 13.2 Å². The van der Waals surface area contributed by atoms with Crippen molar-refractivity contribution in [3.63, 3.8) is 0 Å². The smallest absolute Gasteiger partial charge is 0.243 e. The second-order valence-corrected chi connectivity index (χ2v) is 7.92. The van der Waals surface area contributed by atoms with E-state index >= 15 is 0 Å². The average molecular weight is 391 g/mol. The molecule has 1 aromatic heterocycles. The van der Waals surface area contributed by atoms with E-state index in [1.165, 1.54) is 36.5 Å². The van der Waals surface area contributed by atoms with Crippen LogP contribution in [0.25, 0.3) is 0 Å². The van der Waals surface area contributed by atoms with Gasteiger partial charge in [0.1, 0.15) is 5.75 Å². The number of piperazine rings is 1. The van der Waals surface area contributed by atoms with Crippen molar-refractivity contribution in [3.8, 4) is 5.75 Å². The van der Waals surface area contributed by atoms with Gasteiger partial charge in [-0.15, -0.1) is 0 Å². The third-order valence-electron chi connectivity index (χ3n) is 4.20. The Bertz CT molecular complexity index is 912. The SMILES string of the molecule is COc1cc(S(=O)(=O)N2CCN(c3ncccn3)CC2)ccc1NC(C)=O. The Morgan fingerprint density at radius 2 is 1.81 bits per heavy atom. The Labute approximate surface area is 158 Å². The van der Waals surface area contributed by atoms with Crippen LogP contribution in [-0.4, -0.2) is 61.9 Å². The van der Waals surface area contributed by atoms with Gasteiger partial charge in [-0.25, -0.2) is 18.4 Å². The summed E-state index contributed by atoms with van der Waals surface area (Å²) in [6.07, 6.45) is 3.32. The zero-order chi connectivity index (χ0) is 19.4. The van der Waals surface area contributed by atoms with Gasteiger partial charge < -0.3 is 15.0 Å². The number of nitrogens with zero attached hydrogens (tertiary/aromatic N) is 4. The van der Waals surface area contributed by atoms with Crippen LogP contribution in [0.4, 0.5) is 11.6 Å². The van der Waals surface area contributed by atoms with Gasteiger partial charge in [0.15, 0.2) is 0 Å². The van der Waals surface area contributed by atoms with Gasteiger partial charge in [-0.2, -0.15) is 4.31 Å². The van der Waals surface area contributed by atoms with Crippen molar-refractivity contribution in [1.82, 2.24) is 14.3 Å². The molecule has 0 spiro atoms. The molecule has 0 radical (unpaired) electrons. The highest BCUT2D eigenvalue weighted by atomic mass is 32.2. The molecule has 27 heavy (non-hydrogen) atoms.